The molecular formula is C30H34N4O5. The summed E-state index contributed by atoms with van der Waals surface area (Å²) >= 11 is 0. The minimum atomic E-state index is -1.19. The molecule has 0 bridgehead atoms. The third kappa shape index (κ3) is 8.63. The van der Waals surface area contributed by atoms with Crippen LogP contribution in [0.15, 0.2) is 66.7 Å². The molecule has 39 heavy (non-hydrogen) atoms. The van der Waals surface area contributed by atoms with Gasteiger partial charge in [0.2, 0.25) is 23.5 Å². The first-order valence-electron chi connectivity index (χ1n) is 13.4. The number of nitrogens with one attached hydrogen (secondary N) is 4. The number of hydrogen-bond acceptors (Lipinski definition) is 5. The summed E-state index contributed by atoms with van der Waals surface area (Å²) in [6.07, 6.45) is 6.10. The highest BCUT2D eigenvalue weighted by Crippen LogP contribution is 2.20. The summed E-state index contributed by atoms with van der Waals surface area (Å²) in [5.74, 6) is -3.34. The van der Waals surface area contributed by atoms with Crippen LogP contribution in [0.5, 0.6) is 0 Å². The van der Waals surface area contributed by atoms with Gasteiger partial charge in [-0.3, -0.25) is 24.0 Å². The molecule has 1 aliphatic heterocycles. The number of carbonyl (C=O) groups excluding carboxylic acids is 5. The van der Waals surface area contributed by atoms with Crippen LogP contribution < -0.4 is 21.3 Å². The average Bonchev–Trinajstić information content (AvgIpc) is 3.77. The van der Waals surface area contributed by atoms with Crippen molar-refractivity contribution in [1.82, 2.24) is 21.3 Å². The van der Waals surface area contributed by atoms with Crippen LogP contribution >= 0.6 is 0 Å². The molecule has 2 fully saturated rings. The van der Waals surface area contributed by atoms with Gasteiger partial charge in [-0.15, -0.1) is 0 Å². The first-order valence-corrected chi connectivity index (χ1v) is 13.4. The van der Waals surface area contributed by atoms with Crippen molar-refractivity contribution in [2.45, 2.75) is 56.7 Å². The van der Waals surface area contributed by atoms with Crippen LogP contribution in [0, 0.1) is 5.92 Å². The monoisotopic (exact) mass is 530 g/mol. The summed E-state index contributed by atoms with van der Waals surface area (Å²) in [5.41, 5.74) is 1.64. The lowest BCUT2D eigenvalue weighted by atomic mass is 9.89. The lowest BCUT2D eigenvalue weighted by Crippen LogP contribution is -2.55. The van der Waals surface area contributed by atoms with Crippen molar-refractivity contribution in [3.05, 3.63) is 77.9 Å². The minimum absolute atomic E-state index is 0.00834. The van der Waals surface area contributed by atoms with E-state index >= 15 is 0 Å². The second-order valence-corrected chi connectivity index (χ2v) is 10.0. The van der Waals surface area contributed by atoms with Gasteiger partial charge >= 0.3 is 0 Å². The standard InChI is InChI=1S/C30H34N4O5/c35-26(16-13-20-8-3-1-4-9-20)33-25(18-21-10-5-2-6-11-21)29(38)34-24(19-22-12-7-17-31-28(22)37)27(36)30(39)32-23-14-15-23/h1-6,8-11,13,16,22-25H,7,12,14-15,17-19H2,(H,31,37)(H,32,39)(H,33,35)(H,34,38)/b16-13+/t22-,24-,25-/m0/s1. The SMILES string of the molecule is O=C(/C=C/c1ccccc1)N[C@@H](Cc1ccccc1)C(=O)N[C@@H](C[C@@H]1CCCNC1=O)C(=O)C(=O)NC1CC1. The molecule has 4 amide bonds. The van der Waals surface area contributed by atoms with E-state index in [0.717, 1.165) is 30.4 Å². The maximum absolute atomic E-state index is 13.5. The Morgan fingerprint density at radius 2 is 1.59 bits per heavy atom. The van der Waals surface area contributed by atoms with Crippen molar-refractivity contribution in [3.63, 3.8) is 0 Å². The van der Waals surface area contributed by atoms with Crippen molar-refractivity contribution in [2.75, 3.05) is 6.54 Å². The van der Waals surface area contributed by atoms with Gasteiger partial charge in [0.1, 0.15) is 6.04 Å². The summed E-state index contributed by atoms with van der Waals surface area (Å²) in [7, 11) is 0. The number of carbonyl (C=O) groups is 5. The van der Waals surface area contributed by atoms with Gasteiger partial charge in [0.15, 0.2) is 0 Å². The molecule has 2 aromatic rings. The van der Waals surface area contributed by atoms with Gasteiger partial charge in [0.05, 0.1) is 6.04 Å². The Bertz CT molecular complexity index is 1210. The van der Waals surface area contributed by atoms with E-state index in [9.17, 15) is 24.0 Å². The van der Waals surface area contributed by atoms with Crippen LogP contribution in [0.25, 0.3) is 6.08 Å². The molecule has 2 aliphatic rings. The molecule has 1 saturated carbocycles. The van der Waals surface area contributed by atoms with Crippen molar-refractivity contribution >= 4 is 35.5 Å². The van der Waals surface area contributed by atoms with Crippen molar-refractivity contribution in [2.24, 2.45) is 5.92 Å². The Hall–Kier alpha value is -4.27. The van der Waals surface area contributed by atoms with Gasteiger partial charge in [-0.2, -0.15) is 0 Å². The second-order valence-electron chi connectivity index (χ2n) is 10.0. The average molecular weight is 531 g/mol. The van der Waals surface area contributed by atoms with Crippen LogP contribution in [0.2, 0.25) is 0 Å². The zero-order valence-electron chi connectivity index (χ0n) is 21.7. The van der Waals surface area contributed by atoms with Crippen LogP contribution in [0.3, 0.4) is 0 Å². The first kappa shape index (κ1) is 27.8. The van der Waals surface area contributed by atoms with Gasteiger partial charge in [-0.25, -0.2) is 0 Å². The summed E-state index contributed by atoms with van der Waals surface area (Å²) in [5, 5.41) is 10.9. The fraction of sp³-hybridized carbons (Fsp3) is 0.367. The normalized spacial score (nSPS) is 18.5. The first-order chi connectivity index (χ1) is 18.9. The summed E-state index contributed by atoms with van der Waals surface area (Å²) < 4.78 is 0. The fourth-order valence-corrected chi connectivity index (χ4v) is 4.51. The molecule has 0 spiro atoms. The van der Waals surface area contributed by atoms with Crippen LogP contribution in [-0.2, 0) is 30.4 Å². The highest BCUT2D eigenvalue weighted by Gasteiger charge is 2.36. The molecule has 4 rings (SSSR count). The summed E-state index contributed by atoms with van der Waals surface area (Å²) in [4.78, 5) is 64.4. The van der Waals surface area contributed by atoms with Crippen molar-refractivity contribution in [3.8, 4) is 0 Å². The lowest BCUT2D eigenvalue weighted by Gasteiger charge is -2.27. The molecule has 9 nitrogen and oxygen atoms in total. The molecule has 0 aromatic heterocycles. The maximum atomic E-state index is 13.5. The number of ketones is 1. The van der Waals surface area contributed by atoms with E-state index in [-0.39, 0.29) is 24.8 Å². The van der Waals surface area contributed by atoms with Crippen molar-refractivity contribution < 1.29 is 24.0 Å². The van der Waals surface area contributed by atoms with E-state index in [1.807, 2.05) is 60.7 Å². The Morgan fingerprint density at radius 3 is 2.26 bits per heavy atom. The highest BCUT2D eigenvalue weighted by molar-refractivity contribution is 6.38. The molecule has 2 aromatic carbocycles. The molecule has 0 unspecified atom stereocenters. The van der Waals surface area contributed by atoms with E-state index in [4.69, 9.17) is 0 Å². The van der Waals surface area contributed by atoms with E-state index in [0.29, 0.717) is 13.0 Å². The van der Waals surface area contributed by atoms with Crippen LogP contribution in [-0.4, -0.2) is 54.1 Å². The van der Waals surface area contributed by atoms with Gasteiger partial charge in [-0.05, 0) is 49.3 Å². The molecule has 1 saturated heterocycles. The van der Waals surface area contributed by atoms with E-state index in [2.05, 4.69) is 21.3 Å². The quantitative estimate of drug-likeness (QED) is 0.245. The Balaban J connectivity index is 1.50. The minimum Gasteiger partial charge on any atom is -0.356 e. The third-order valence-corrected chi connectivity index (χ3v) is 6.83. The number of hydrogen-bond donors (Lipinski definition) is 4. The number of rotatable bonds is 12. The third-order valence-electron chi connectivity index (χ3n) is 6.83. The fourth-order valence-electron chi connectivity index (χ4n) is 4.51. The number of amides is 4. The second kappa shape index (κ2) is 13.5. The molecule has 9 heteroatoms. The molecule has 204 valence electrons. The predicted octanol–water partition coefficient (Wildman–Crippen LogP) is 1.68. The van der Waals surface area contributed by atoms with Crippen LogP contribution in [0.4, 0.5) is 0 Å². The molecule has 1 heterocycles. The molecule has 3 atom stereocenters. The Labute approximate surface area is 227 Å². The molecule has 0 radical (unpaired) electrons. The van der Waals surface area contributed by atoms with Gasteiger partial charge < -0.3 is 21.3 Å². The van der Waals surface area contributed by atoms with E-state index in [1.165, 1.54) is 6.08 Å². The van der Waals surface area contributed by atoms with E-state index < -0.39 is 41.5 Å². The van der Waals surface area contributed by atoms with E-state index in [1.54, 1.807) is 6.08 Å². The van der Waals surface area contributed by atoms with Crippen molar-refractivity contribution in [1.29, 1.82) is 0 Å². The van der Waals surface area contributed by atoms with Gasteiger partial charge in [0.25, 0.3) is 5.91 Å². The lowest BCUT2D eigenvalue weighted by molar-refractivity contribution is -0.141. The highest BCUT2D eigenvalue weighted by atomic mass is 16.2. The molecule has 4 N–H and O–H groups in total. The number of benzene rings is 2. The Morgan fingerprint density at radius 1 is 0.897 bits per heavy atom. The van der Waals surface area contributed by atoms with Gasteiger partial charge in [-0.1, -0.05) is 60.7 Å². The maximum Gasteiger partial charge on any atom is 0.289 e. The smallest absolute Gasteiger partial charge is 0.289 e. The largest absolute Gasteiger partial charge is 0.356 e. The zero-order chi connectivity index (χ0) is 27.6. The number of piperidine rings is 1. The Kier molecular flexibility index (Phi) is 9.61. The molecule has 1 aliphatic carbocycles. The molecular weight excluding hydrogens is 496 g/mol. The van der Waals surface area contributed by atoms with Crippen LogP contribution in [0.1, 0.15) is 43.2 Å². The predicted molar refractivity (Wildman–Crippen MR) is 146 cm³/mol. The van der Waals surface area contributed by atoms with Gasteiger partial charge in [0, 0.05) is 31.0 Å². The topological polar surface area (TPSA) is 133 Å². The zero-order valence-corrected chi connectivity index (χ0v) is 21.7. The summed E-state index contributed by atoms with van der Waals surface area (Å²) in [6, 6.07) is 16.2. The summed E-state index contributed by atoms with van der Waals surface area (Å²) in [6.45, 7) is 0.560. The number of Topliss-reactive ketones (excluding diaryl/α,β-unsaturated/α-hetero) is 1.